The van der Waals surface area contributed by atoms with Crippen molar-refractivity contribution in [2.45, 2.75) is 33.4 Å². The number of aromatic nitrogens is 1. The van der Waals surface area contributed by atoms with Crippen molar-refractivity contribution in [3.63, 3.8) is 0 Å². The van der Waals surface area contributed by atoms with E-state index in [9.17, 15) is 0 Å². The van der Waals surface area contributed by atoms with E-state index in [0.29, 0.717) is 16.5 Å². The Balaban J connectivity index is 3.46. The summed E-state index contributed by atoms with van der Waals surface area (Å²) in [6, 6.07) is 2.06. The van der Waals surface area contributed by atoms with E-state index in [1.807, 2.05) is 0 Å². The van der Waals surface area contributed by atoms with Gasteiger partial charge in [-0.1, -0.05) is 39.1 Å². The van der Waals surface area contributed by atoms with Crippen molar-refractivity contribution in [2.75, 3.05) is 0 Å². The molecular weight excluding hydrogens is 206 g/mol. The molecule has 0 fully saturated rings. The molecule has 0 bridgehead atoms. The molecule has 15 heavy (non-hydrogen) atoms. The molecule has 0 N–H and O–H groups in total. The van der Waals surface area contributed by atoms with Crippen LogP contribution in [0.5, 0.6) is 0 Å². The summed E-state index contributed by atoms with van der Waals surface area (Å²) in [7, 11) is 0. The third kappa shape index (κ3) is 2.32. The second-order valence-corrected chi connectivity index (χ2v) is 4.58. The number of hydrogen-bond donors (Lipinski definition) is 0. The van der Waals surface area contributed by atoms with Gasteiger partial charge in [0.1, 0.15) is 6.07 Å². The van der Waals surface area contributed by atoms with Gasteiger partial charge < -0.3 is 0 Å². The average Bonchev–Trinajstić information content (AvgIpc) is 2.16. The van der Waals surface area contributed by atoms with E-state index in [-0.39, 0.29) is 6.71 Å². The number of nitriles is 1. The van der Waals surface area contributed by atoms with E-state index in [4.69, 9.17) is 16.9 Å². The molecule has 0 aliphatic rings. The van der Waals surface area contributed by atoms with E-state index >= 15 is 0 Å². The van der Waals surface area contributed by atoms with E-state index in [2.05, 4.69) is 38.5 Å². The molecule has 0 atom stereocenters. The van der Waals surface area contributed by atoms with Gasteiger partial charge in [0.25, 0.3) is 0 Å². The normalized spacial score (nSPS) is 10.2. The van der Waals surface area contributed by atoms with Crippen LogP contribution in [0.1, 0.15) is 31.0 Å². The number of pyridine rings is 1. The van der Waals surface area contributed by atoms with Crippen LogP contribution in [0.4, 0.5) is 0 Å². The minimum atomic E-state index is 0.288. The molecule has 0 amide bonds. The number of nitrogens with zero attached hydrogens (tertiary/aromatic N) is 2. The predicted molar refractivity (Wildman–Crippen MR) is 65.2 cm³/mol. The van der Waals surface area contributed by atoms with Crippen LogP contribution in [0.2, 0.25) is 18.7 Å². The molecule has 0 aromatic carbocycles. The third-order valence-corrected chi connectivity index (χ3v) is 2.73. The van der Waals surface area contributed by atoms with Gasteiger partial charge in [-0.05, 0) is 11.4 Å². The highest BCUT2D eigenvalue weighted by Crippen LogP contribution is 2.18. The first kappa shape index (κ1) is 12.1. The summed E-state index contributed by atoms with van der Waals surface area (Å²) in [6.07, 6.45) is 1.56. The maximum Gasteiger partial charge on any atom is 0.174 e. The van der Waals surface area contributed by atoms with Crippen molar-refractivity contribution in [3.8, 4) is 6.07 Å². The minimum absolute atomic E-state index is 0.288. The van der Waals surface area contributed by atoms with Gasteiger partial charge in [0.15, 0.2) is 6.71 Å². The summed E-state index contributed by atoms with van der Waals surface area (Å²) in [5.74, 6) is 0.327. The molecule has 1 rings (SSSR count). The zero-order chi connectivity index (χ0) is 11.6. The molecule has 78 valence electrons. The van der Waals surface area contributed by atoms with E-state index in [1.165, 1.54) is 0 Å². The lowest BCUT2D eigenvalue weighted by molar-refractivity contribution is 0.829. The van der Waals surface area contributed by atoms with Crippen LogP contribution in [0.25, 0.3) is 0 Å². The molecular formula is C11H14BClN2. The van der Waals surface area contributed by atoms with Gasteiger partial charge in [0.05, 0.1) is 10.6 Å². The summed E-state index contributed by atoms with van der Waals surface area (Å²) in [5.41, 5.74) is 2.46. The second-order valence-electron chi connectivity index (χ2n) is 4.21. The van der Waals surface area contributed by atoms with Gasteiger partial charge in [0.2, 0.25) is 0 Å². The Morgan fingerprint density at radius 1 is 1.47 bits per heavy atom. The van der Waals surface area contributed by atoms with Crippen LogP contribution >= 0.6 is 11.6 Å². The largest absolute Gasteiger partial charge is 0.260 e. The van der Waals surface area contributed by atoms with Crippen molar-refractivity contribution >= 4 is 23.8 Å². The summed E-state index contributed by atoms with van der Waals surface area (Å²) in [6.45, 7) is 8.58. The Bertz CT molecular complexity index is 408. The van der Waals surface area contributed by atoms with Crippen LogP contribution < -0.4 is 5.46 Å². The lowest BCUT2D eigenvalue weighted by atomic mass is 9.48. The molecule has 0 saturated heterocycles. The van der Waals surface area contributed by atoms with Crippen molar-refractivity contribution < 1.29 is 0 Å². The molecule has 1 aromatic heterocycles. The Labute approximate surface area is 96.4 Å². The smallest absolute Gasteiger partial charge is 0.174 e. The van der Waals surface area contributed by atoms with E-state index < -0.39 is 0 Å². The molecule has 0 unspecified atom stereocenters. The fourth-order valence-corrected chi connectivity index (χ4v) is 2.01. The molecule has 0 spiro atoms. The van der Waals surface area contributed by atoms with Gasteiger partial charge in [-0.3, -0.25) is 4.98 Å². The SMILES string of the molecule is CB(C)c1c(C(C)C)ncc(C#N)c1Cl. The highest BCUT2D eigenvalue weighted by Gasteiger charge is 2.19. The van der Waals surface area contributed by atoms with E-state index in [1.54, 1.807) is 6.20 Å². The summed E-state index contributed by atoms with van der Waals surface area (Å²) in [4.78, 5) is 4.32. The van der Waals surface area contributed by atoms with Crippen molar-refractivity contribution in [1.82, 2.24) is 4.98 Å². The van der Waals surface area contributed by atoms with Crippen LogP contribution in [0, 0.1) is 11.3 Å². The summed E-state index contributed by atoms with van der Waals surface area (Å²) >= 11 is 6.19. The number of rotatable bonds is 2. The fraction of sp³-hybridized carbons (Fsp3) is 0.455. The summed E-state index contributed by atoms with van der Waals surface area (Å²) < 4.78 is 0. The van der Waals surface area contributed by atoms with Gasteiger partial charge >= 0.3 is 0 Å². The predicted octanol–water partition coefficient (Wildman–Crippen LogP) is 2.69. The van der Waals surface area contributed by atoms with Gasteiger partial charge in [-0.25, -0.2) is 0 Å². The Hall–Kier alpha value is -1.01. The Kier molecular flexibility index (Phi) is 3.76. The van der Waals surface area contributed by atoms with Crippen LogP contribution in [-0.4, -0.2) is 11.7 Å². The molecule has 1 heterocycles. The number of halogens is 1. The van der Waals surface area contributed by atoms with Crippen LogP contribution in [0.3, 0.4) is 0 Å². The lowest BCUT2D eigenvalue weighted by Crippen LogP contribution is -2.30. The lowest BCUT2D eigenvalue weighted by Gasteiger charge is -2.15. The highest BCUT2D eigenvalue weighted by molar-refractivity contribution is 6.73. The quantitative estimate of drug-likeness (QED) is 0.719. The monoisotopic (exact) mass is 220 g/mol. The van der Waals surface area contributed by atoms with Gasteiger partial charge in [-0.15, -0.1) is 0 Å². The van der Waals surface area contributed by atoms with Gasteiger partial charge in [-0.2, -0.15) is 5.26 Å². The van der Waals surface area contributed by atoms with Gasteiger partial charge in [0, 0.05) is 11.9 Å². The molecule has 0 saturated carbocycles. The van der Waals surface area contributed by atoms with Crippen molar-refractivity contribution in [1.29, 1.82) is 5.26 Å². The van der Waals surface area contributed by atoms with Crippen molar-refractivity contribution in [2.24, 2.45) is 0 Å². The first-order chi connectivity index (χ1) is 6.99. The molecule has 0 radical (unpaired) electrons. The Morgan fingerprint density at radius 3 is 2.47 bits per heavy atom. The first-order valence-electron chi connectivity index (χ1n) is 5.07. The average molecular weight is 221 g/mol. The maximum atomic E-state index is 8.88. The number of hydrogen-bond acceptors (Lipinski definition) is 2. The van der Waals surface area contributed by atoms with Crippen LogP contribution in [-0.2, 0) is 0 Å². The molecule has 0 aliphatic carbocycles. The third-order valence-electron chi connectivity index (χ3n) is 2.33. The summed E-state index contributed by atoms with van der Waals surface area (Å²) in [5, 5.41) is 9.44. The topological polar surface area (TPSA) is 36.7 Å². The first-order valence-corrected chi connectivity index (χ1v) is 5.45. The zero-order valence-electron chi connectivity index (χ0n) is 9.50. The van der Waals surface area contributed by atoms with Crippen LogP contribution in [0.15, 0.2) is 6.20 Å². The van der Waals surface area contributed by atoms with Crippen molar-refractivity contribution in [3.05, 3.63) is 22.5 Å². The fourth-order valence-electron chi connectivity index (χ4n) is 1.61. The molecule has 1 aromatic rings. The zero-order valence-corrected chi connectivity index (χ0v) is 10.3. The molecule has 2 nitrogen and oxygen atoms in total. The second kappa shape index (κ2) is 4.68. The Morgan fingerprint density at radius 2 is 2.07 bits per heavy atom. The molecule has 0 aliphatic heterocycles. The van der Waals surface area contributed by atoms with E-state index in [0.717, 1.165) is 11.2 Å². The highest BCUT2D eigenvalue weighted by atomic mass is 35.5. The minimum Gasteiger partial charge on any atom is -0.260 e. The maximum absolute atomic E-state index is 8.88. The molecule has 4 heteroatoms. The standard InChI is InChI=1S/C11H14BClN2/c1-7(2)11-9(12(3)4)10(13)8(5-14)6-15-11/h6-7H,1-4H3.